The SMILES string of the molecule is CC(C)(C)NC(=O)[C@H](Cc1ccccc1)N(Cc1ccc(Br)cc1)C(=O)CN(c1ccc(C23CC4CC(CC(C4)C2)C3)cc1)S(C)(=O)=O. The van der Waals surface area contributed by atoms with Gasteiger partial charge in [0.2, 0.25) is 21.8 Å². The smallest absolute Gasteiger partial charge is 0.244 e. The van der Waals surface area contributed by atoms with Crippen molar-refractivity contribution >= 4 is 43.5 Å². The van der Waals surface area contributed by atoms with Crippen LogP contribution in [-0.2, 0) is 38.0 Å². The standard InChI is InChI=1S/C39H48BrN3O4S/c1-38(2,3)41-37(45)35(21-27-8-6-5-7-9-27)42(25-28-10-14-33(40)15-11-28)36(44)26-43(48(4,46)47)34-16-12-32(13-17-34)39-22-29-18-30(23-39)20-31(19-29)24-39/h5-17,29-31,35H,18-26H2,1-4H3,(H,41,45)/t29?,30?,31?,35-,39?/m0/s1. The summed E-state index contributed by atoms with van der Waals surface area (Å²) in [6, 6.07) is 24.3. The van der Waals surface area contributed by atoms with Gasteiger partial charge in [0.25, 0.3) is 0 Å². The number of benzene rings is 3. The number of nitrogens with zero attached hydrogens (tertiary/aromatic N) is 2. The van der Waals surface area contributed by atoms with Crippen molar-refractivity contribution in [3.05, 3.63) is 100 Å². The molecule has 4 bridgehead atoms. The van der Waals surface area contributed by atoms with Crippen LogP contribution in [0.3, 0.4) is 0 Å². The van der Waals surface area contributed by atoms with Crippen LogP contribution >= 0.6 is 15.9 Å². The molecular formula is C39H48BrN3O4S. The molecule has 1 N–H and O–H groups in total. The summed E-state index contributed by atoms with van der Waals surface area (Å²) < 4.78 is 28.8. The van der Waals surface area contributed by atoms with E-state index in [1.807, 2.05) is 87.5 Å². The minimum atomic E-state index is -3.84. The molecule has 4 saturated carbocycles. The van der Waals surface area contributed by atoms with Crippen LogP contribution in [0.25, 0.3) is 0 Å². The Kier molecular flexibility index (Phi) is 9.84. The summed E-state index contributed by atoms with van der Waals surface area (Å²) in [6.07, 6.45) is 9.15. The van der Waals surface area contributed by atoms with Gasteiger partial charge in [-0.1, -0.05) is 70.5 Å². The van der Waals surface area contributed by atoms with Gasteiger partial charge < -0.3 is 10.2 Å². The van der Waals surface area contributed by atoms with Crippen molar-refractivity contribution in [2.45, 2.75) is 89.3 Å². The molecule has 9 heteroatoms. The van der Waals surface area contributed by atoms with Gasteiger partial charge in [-0.25, -0.2) is 8.42 Å². The summed E-state index contributed by atoms with van der Waals surface area (Å²) >= 11 is 3.48. The number of carbonyl (C=O) groups excluding carboxylic acids is 2. The summed E-state index contributed by atoms with van der Waals surface area (Å²) in [5, 5.41) is 3.07. The average molecular weight is 735 g/mol. The Morgan fingerprint density at radius 1 is 0.854 bits per heavy atom. The predicted octanol–water partition coefficient (Wildman–Crippen LogP) is 7.24. The van der Waals surface area contributed by atoms with Crippen molar-refractivity contribution in [2.75, 3.05) is 17.1 Å². The normalized spacial score (nSPS) is 23.8. The number of halogens is 1. The summed E-state index contributed by atoms with van der Waals surface area (Å²) in [5.41, 5.74) is 3.14. The maximum absolute atomic E-state index is 14.5. The van der Waals surface area contributed by atoms with Gasteiger partial charge in [-0.05, 0) is 123 Å². The van der Waals surface area contributed by atoms with E-state index in [0.29, 0.717) is 5.69 Å². The highest BCUT2D eigenvalue weighted by Gasteiger charge is 2.51. The van der Waals surface area contributed by atoms with Gasteiger partial charge >= 0.3 is 0 Å². The Morgan fingerprint density at radius 2 is 1.42 bits per heavy atom. The molecule has 48 heavy (non-hydrogen) atoms. The van der Waals surface area contributed by atoms with E-state index in [2.05, 4.69) is 33.4 Å². The molecular weight excluding hydrogens is 686 g/mol. The molecule has 0 spiro atoms. The summed E-state index contributed by atoms with van der Waals surface area (Å²) in [7, 11) is -3.84. The molecule has 1 atom stereocenters. The molecule has 3 aromatic carbocycles. The zero-order chi connectivity index (χ0) is 34.3. The van der Waals surface area contributed by atoms with E-state index in [1.165, 1.54) is 48.4 Å². The Balaban J connectivity index is 1.31. The third kappa shape index (κ3) is 7.99. The fourth-order valence-electron chi connectivity index (χ4n) is 8.85. The van der Waals surface area contributed by atoms with E-state index in [9.17, 15) is 18.0 Å². The zero-order valence-corrected chi connectivity index (χ0v) is 30.9. The van der Waals surface area contributed by atoms with Crippen LogP contribution in [0.15, 0.2) is 83.3 Å². The highest BCUT2D eigenvalue weighted by Crippen LogP contribution is 2.60. The summed E-state index contributed by atoms with van der Waals surface area (Å²) in [5.74, 6) is 1.67. The number of amides is 2. The number of carbonyl (C=O) groups is 2. The molecule has 7 rings (SSSR count). The largest absolute Gasteiger partial charge is 0.350 e. The van der Waals surface area contributed by atoms with Crippen molar-refractivity contribution in [3.8, 4) is 0 Å². The molecule has 0 aromatic heterocycles. The molecule has 256 valence electrons. The first kappa shape index (κ1) is 34.7. The molecule has 4 aliphatic carbocycles. The van der Waals surface area contributed by atoms with Crippen molar-refractivity contribution in [2.24, 2.45) is 17.8 Å². The third-order valence-corrected chi connectivity index (χ3v) is 12.2. The lowest BCUT2D eigenvalue weighted by atomic mass is 9.48. The lowest BCUT2D eigenvalue weighted by Gasteiger charge is -2.57. The Labute approximate surface area is 294 Å². The average Bonchev–Trinajstić information content (AvgIpc) is 3.01. The van der Waals surface area contributed by atoms with Gasteiger partial charge in [0.15, 0.2) is 0 Å². The minimum Gasteiger partial charge on any atom is -0.350 e. The lowest BCUT2D eigenvalue weighted by Crippen LogP contribution is -2.56. The van der Waals surface area contributed by atoms with E-state index < -0.39 is 34.1 Å². The van der Waals surface area contributed by atoms with E-state index in [0.717, 1.165) is 39.6 Å². The molecule has 0 aliphatic heterocycles. The van der Waals surface area contributed by atoms with Crippen molar-refractivity contribution in [1.82, 2.24) is 10.2 Å². The van der Waals surface area contributed by atoms with E-state index in [4.69, 9.17) is 0 Å². The summed E-state index contributed by atoms with van der Waals surface area (Å²) in [4.78, 5) is 30.0. The van der Waals surface area contributed by atoms with Gasteiger partial charge in [-0.15, -0.1) is 0 Å². The van der Waals surface area contributed by atoms with Crippen LogP contribution in [0.2, 0.25) is 0 Å². The van der Waals surface area contributed by atoms with E-state index in [1.54, 1.807) is 4.90 Å². The molecule has 0 heterocycles. The number of hydrogen-bond donors (Lipinski definition) is 1. The first-order valence-corrected chi connectivity index (χ1v) is 19.8. The van der Waals surface area contributed by atoms with E-state index in [-0.39, 0.29) is 24.3 Å². The highest BCUT2D eigenvalue weighted by molar-refractivity contribution is 9.10. The van der Waals surface area contributed by atoms with Crippen LogP contribution in [-0.4, -0.2) is 49.5 Å². The van der Waals surface area contributed by atoms with E-state index >= 15 is 0 Å². The number of anilines is 1. The lowest BCUT2D eigenvalue weighted by molar-refractivity contribution is -0.140. The topological polar surface area (TPSA) is 86.8 Å². The number of nitrogens with one attached hydrogen (secondary N) is 1. The minimum absolute atomic E-state index is 0.143. The second-order valence-electron chi connectivity index (χ2n) is 15.6. The number of sulfonamides is 1. The maximum Gasteiger partial charge on any atom is 0.244 e. The van der Waals surface area contributed by atoms with Crippen molar-refractivity contribution in [1.29, 1.82) is 0 Å². The van der Waals surface area contributed by atoms with Crippen molar-refractivity contribution < 1.29 is 18.0 Å². The van der Waals surface area contributed by atoms with Gasteiger partial charge in [0.05, 0.1) is 11.9 Å². The molecule has 0 unspecified atom stereocenters. The molecule has 0 radical (unpaired) electrons. The van der Waals surface area contributed by atoms with Crippen LogP contribution in [0.4, 0.5) is 5.69 Å². The monoisotopic (exact) mass is 733 g/mol. The van der Waals surface area contributed by atoms with Gasteiger partial charge in [0.1, 0.15) is 12.6 Å². The molecule has 7 nitrogen and oxygen atoms in total. The Bertz CT molecular complexity index is 1680. The molecule has 4 aliphatic rings. The van der Waals surface area contributed by atoms with Crippen LogP contribution in [0.1, 0.15) is 76.0 Å². The third-order valence-electron chi connectivity index (χ3n) is 10.5. The van der Waals surface area contributed by atoms with Gasteiger partial charge in [-0.2, -0.15) is 0 Å². The first-order chi connectivity index (χ1) is 22.7. The first-order valence-electron chi connectivity index (χ1n) is 17.2. The Hall–Kier alpha value is -3.17. The Morgan fingerprint density at radius 3 is 1.94 bits per heavy atom. The van der Waals surface area contributed by atoms with Crippen LogP contribution in [0, 0.1) is 17.8 Å². The zero-order valence-electron chi connectivity index (χ0n) is 28.5. The molecule has 2 amide bonds. The van der Waals surface area contributed by atoms with Crippen molar-refractivity contribution in [3.63, 3.8) is 0 Å². The second-order valence-corrected chi connectivity index (χ2v) is 18.4. The van der Waals surface area contributed by atoms with Gasteiger partial charge in [0, 0.05) is 23.0 Å². The molecule has 3 aromatic rings. The highest BCUT2D eigenvalue weighted by atomic mass is 79.9. The number of hydrogen-bond acceptors (Lipinski definition) is 4. The van der Waals surface area contributed by atoms with Crippen LogP contribution < -0.4 is 9.62 Å². The second kappa shape index (κ2) is 13.6. The predicted molar refractivity (Wildman–Crippen MR) is 195 cm³/mol. The summed E-state index contributed by atoms with van der Waals surface area (Å²) in [6.45, 7) is 5.45. The molecule has 0 saturated heterocycles. The van der Waals surface area contributed by atoms with Gasteiger partial charge in [-0.3, -0.25) is 13.9 Å². The fraction of sp³-hybridized carbons (Fsp3) is 0.487. The fourth-order valence-corrected chi connectivity index (χ4v) is 9.97. The molecule has 4 fully saturated rings. The van der Waals surface area contributed by atoms with Crippen LogP contribution in [0.5, 0.6) is 0 Å². The number of rotatable bonds is 11. The quantitative estimate of drug-likeness (QED) is 0.225. The maximum atomic E-state index is 14.5.